The molecule has 1 amide bonds. The molecule has 4 rings (SSSR count). The van der Waals surface area contributed by atoms with Crippen LogP contribution in [0.5, 0.6) is 0 Å². The molecule has 2 aromatic rings. The third-order valence-electron chi connectivity index (χ3n) is 5.89. The second kappa shape index (κ2) is 11.2. The van der Waals surface area contributed by atoms with Gasteiger partial charge in [0.05, 0.1) is 32.5 Å². The van der Waals surface area contributed by atoms with Crippen molar-refractivity contribution in [2.45, 2.75) is 6.04 Å². The predicted octanol–water partition coefficient (Wildman–Crippen LogP) is 2.87. The van der Waals surface area contributed by atoms with Gasteiger partial charge in [-0.3, -0.25) is 9.69 Å². The van der Waals surface area contributed by atoms with Crippen LogP contribution in [0.25, 0.3) is 6.08 Å². The number of rotatable bonds is 7. The Morgan fingerprint density at radius 1 is 1.00 bits per heavy atom. The highest BCUT2D eigenvalue weighted by molar-refractivity contribution is 5.91. The van der Waals surface area contributed by atoms with Gasteiger partial charge in [-0.05, 0) is 41.5 Å². The van der Waals surface area contributed by atoms with E-state index in [1.165, 1.54) is 17.8 Å². The van der Waals surface area contributed by atoms with Crippen molar-refractivity contribution in [3.63, 3.8) is 0 Å². The van der Waals surface area contributed by atoms with Crippen molar-refractivity contribution >= 4 is 17.7 Å². The van der Waals surface area contributed by atoms with E-state index in [-0.39, 0.29) is 17.8 Å². The normalized spacial score (nSPS) is 18.6. The quantitative estimate of drug-likeness (QED) is 0.673. The number of halogens is 1. The van der Waals surface area contributed by atoms with E-state index in [1.54, 1.807) is 12.1 Å². The lowest BCUT2D eigenvalue weighted by molar-refractivity contribution is -0.116. The number of anilines is 1. The molecule has 7 heteroatoms. The van der Waals surface area contributed by atoms with Crippen molar-refractivity contribution < 1.29 is 18.7 Å². The summed E-state index contributed by atoms with van der Waals surface area (Å²) in [7, 11) is 0. The van der Waals surface area contributed by atoms with Gasteiger partial charge in [0.15, 0.2) is 0 Å². The molecule has 170 valence electrons. The molecule has 0 saturated carbocycles. The van der Waals surface area contributed by atoms with Crippen LogP contribution >= 0.6 is 0 Å². The molecule has 2 aromatic carbocycles. The Balaban J connectivity index is 1.34. The largest absolute Gasteiger partial charge is 0.379 e. The van der Waals surface area contributed by atoms with E-state index in [2.05, 4.69) is 27.2 Å². The van der Waals surface area contributed by atoms with Crippen molar-refractivity contribution in [1.82, 2.24) is 10.2 Å². The highest BCUT2D eigenvalue weighted by atomic mass is 19.1. The Morgan fingerprint density at radius 2 is 1.69 bits per heavy atom. The minimum atomic E-state index is -0.271. The molecule has 0 aliphatic carbocycles. The number of ether oxygens (including phenoxy) is 2. The summed E-state index contributed by atoms with van der Waals surface area (Å²) in [6.45, 7) is 6.49. The fraction of sp³-hybridized carbons (Fsp3) is 0.400. The third kappa shape index (κ3) is 6.16. The minimum absolute atomic E-state index is 0.0974. The molecule has 0 aromatic heterocycles. The van der Waals surface area contributed by atoms with Gasteiger partial charge in [0, 0.05) is 44.5 Å². The lowest BCUT2D eigenvalue weighted by Crippen LogP contribution is -2.43. The first kappa shape index (κ1) is 22.5. The van der Waals surface area contributed by atoms with E-state index < -0.39 is 0 Å². The molecule has 2 fully saturated rings. The van der Waals surface area contributed by atoms with Crippen LogP contribution in [0.2, 0.25) is 0 Å². The van der Waals surface area contributed by atoms with E-state index in [9.17, 15) is 9.18 Å². The van der Waals surface area contributed by atoms with Gasteiger partial charge in [0.25, 0.3) is 0 Å². The first-order chi connectivity index (χ1) is 15.7. The average molecular weight is 440 g/mol. The number of amides is 1. The molecule has 32 heavy (non-hydrogen) atoms. The van der Waals surface area contributed by atoms with Crippen LogP contribution in [0.3, 0.4) is 0 Å². The van der Waals surface area contributed by atoms with Crippen molar-refractivity contribution in [2.75, 3.05) is 64.1 Å². The number of hydrogen-bond acceptors (Lipinski definition) is 5. The topological polar surface area (TPSA) is 54.0 Å². The summed E-state index contributed by atoms with van der Waals surface area (Å²) in [6, 6.07) is 14.7. The smallest absolute Gasteiger partial charge is 0.244 e. The number of carbonyl (C=O) groups is 1. The highest BCUT2D eigenvalue weighted by Gasteiger charge is 2.23. The zero-order valence-corrected chi connectivity index (χ0v) is 18.2. The Hall–Kier alpha value is -2.74. The molecular formula is C25H30FN3O3. The van der Waals surface area contributed by atoms with Crippen LogP contribution in [-0.2, 0) is 14.3 Å². The SMILES string of the molecule is O=C(/C=C/c1ccc(N2CCOCC2)cc1)NCC(c1cccc(F)c1)N1CCOCC1. The van der Waals surface area contributed by atoms with Gasteiger partial charge < -0.3 is 19.7 Å². The first-order valence-corrected chi connectivity index (χ1v) is 11.1. The monoisotopic (exact) mass is 439 g/mol. The Bertz CT molecular complexity index is 907. The molecule has 1 N–H and O–H groups in total. The van der Waals surface area contributed by atoms with Crippen molar-refractivity contribution in [2.24, 2.45) is 0 Å². The molecule has 2 heterocycles. The summed E-state index contributed by atoms with van der Waals surface area (Å²) < 4.78 is 24.6. The first-order valence-electron chi connectivity index (χ1n) is 11.1. The van der Waals surface area contributed by atoms with Crippen molar-refractivity contribution in [3.05, 3.63) is 71.6 Å². The molecule has 1 atom stereocenters. The molecule has 2 aliphatic heterocycles. The Morgan fingerprint density at radius 3 is 2.38 bits per heavy atom. The van der Waals surface area contributed by atoms with Gasteiger partial charge in [-0.25, -0.2) is 4.39 Å². The standard InChI is InChI=1S/C25H30FN3O3/c26-22-3-1-2-21(18-22)24(29-12-16-32-17-13-29)19-27-25(30)9-6-20-4-7-23(8-5-20)28-10-14-31-15-11-28/h1-9,18,24H,10-17,19H2,(H,27,30)/b9-6+. The summed E-state index contributed by atoms with van der Waals surface area (Å²) in [5.74, 6) is -0.440. The fourth-order valence-electron chi connectivity index (χ4n) is 4.11. The maximum absolute atomic E-state index is 13.8. The number of carbonyl (C=O) groups excluding carboxylic acids is 1. The predicted molar refractivity (Wildman–Crippen MR) is 123 cm³/mol. The molecule has 2 aliphatic rings. The van der Waals surface area contributed by atoms with Gasteiger partial charge in [0.2, 0.25) is 5.91 Å². The number of hydrogen-bond donors (Lipinski definition) is 1. The number of benzene rings is 2. The molecule has 1 unspecified atom stereocenters. The highest BCUT2D eigenvalue weighted by Crippen LogP contribution is 2.22. The summed E-state index contributed by atoms with van der Waals surface area (Å²) in [5.41, 5.74) is 2.99. The van der Waals surface area contributed by atoms with E-state index >= 15 is 0 Å². The van der Waals surface area contributed by atoms with Gasteiger partial charge in [-0.15, -0.1) is 0 Å². The fourth-order valence-corrected chi connectivity index (χ4v) is 4.11. The van der Waals surface area contributed by atoms with E-state index in [4.69, 9.17) is 9.47 Å². The summed E-state index contributed by atoms with van der Waals surface area (Å²) in [5, 5.41) is 2.98. The Kier molecular flexibility index (Phi) is 7.87. The lowest BCUT2D eigenvalue weighted by Gasteiger charge is -2.34. The van der Waals surface area contributed by atoms with Crippen LogP contribution in [0.4, 0.5) is 10.1 Å². The van der Waals surface area contributed by atoms with Crippen LogP contribution in [0, 0.1) is 5.82 Å². The van der Waals surface area contributed by atoms with E-state index in [0.29, 0.717) is 19.8 Å². The zero-order chi connectivity index (χ0) is 22.2. The molecular weight excluding hydrogens is 409 g/mol. The summed E-state index contributed by atoms with van der Waals surface area (Å²) in [6.07, 6.45) is 3.36. The second-order valence-corrected chi connectivity index (χ2v) is 7.99. The van der Waals surface area contributed by atoms with Crippen molar-refractivity contribution in [3.8, 4) is 0 Å². The zero-order valence-electron chi connectivity index (χ0n) is 18.2. The summed E-state index contributed by atoms with van der Waals surface area (Å²) in [4.78, 5) is 17.0. The maximum Gasteiger partial charge on any atom is 0.244 e. The lowest BCUT2D eigenvalue weighted by atomic mass is 10.0. The van der Waals surface area contributed by atoms with Gasteiger partial charge >= 0.3 is 0 Å². The van der Waals surface area contributed by atoms with Gasteiger partial charge in [-0.1, -0.05) is 24.3 Å². The molecule has 0 bridgehead atoms. The minimum Gasteiger partial charge on any atom is -0.379 e. The molecule has 6 nitrogen and oxygen atoms in total. The molecule has 2 saturated heterocycles. The Labute approximate surface area is 188 Å². The number of nitrogens with zero attached hydrogens (tertiary/aromatic N) is 2. The maximum atomic E-state index is 13.8. The van der Waals surface area contributed by atoms with Crippen LogP contribution < -0.4 is 10.2 Å². The number of nitrogens with one attached hydrogen (secondary N) is 1. The third-order valence-corrected chi connectivity index (χ3v) is 5.89. The number of morpholine rings is 2. The van der Waals surface area contributed by atoms with E-state index in [0.717, 1.165) is 50.5 Å². The van der Waals surface area contributed by atoms with E-state index in [1.807, 2.05) is 24.3 Å². The van der Waals surface area contributed by atoms with Gasteiger partial charge in [-0.2, -0.15) is 0 Å². The summed E-state index contributed by atoms with van der Waals surface area (Å²) >= 11 is 0. The second-order valence-electron chi connectivity index (χ2n) is 7.99. The van der Waals surface area contributed by atoms with Gasteiger partial charge in [0.1, 0.15) is 5.82 Å². The van der Waals surface area contributed by atoms with Crippen LogP contribution in [-0.4, -0.2) is 70.0 Å². The van der Waals surface area contributed by atoms with Crippen molar-refractivity contribution in [1.29, 1.82) is 0 Å². The average Bonchev–Trinajstić information content (AvgIpc) is 2.84. The molecule has 0 radical (unpaired) electrons. The van der Waals surface area contributed by atoms with Crippen LogP contribution in [0.15, 0.2) is 54.6 Å². The van der Waals surface area contributed by atoms with Crippen LogP contribution in [0.1, 0.15) is 17.2 Å². The molecule has 0 spiro atoms.